The highest BCUT2D eigenvalue weighted by molar-refractivity contribution is 5.72. The second-order valence-corrected chi connectivity index (χ2v) is 4.98. The van der Waals surface area contributed by atoms with Gasteiger partial charge in [-0.2, -0.15) is 18.7 Å². The molecule has 0 bridgehead atoms. The Bertz CT molecular complexity index is 314. The normalized spacial score (nSPS) is 27.4. The summed E-state index contributed by atoms with van der Waals surface area (Å²) in [4.78, 5) is 15.8. The van der Waals surface area contributed by atoms with Crippen LogP contribution in [-0.2, 0) is 14.4 Å². The molecule has 0 aromatic carbocycles. The molecule has 118 valence electrons. The number of rotatable bonds is 6. The second kappa shape index (κ2) is 7.24. The Morgan fingerprint density at radius 3 is 2.50 bits per heavy atom. The quantitative estimate of drug-likeness (QED) is 0.442. The summed E-state index contributed by atoms with van der Waals surface area (Å²) in [5.74, 6) is -0.526. The van der Waals surface area contributed by atoms with Crippen molar-refractivity contribution in [3.8, 4) is 0 Å². The van der Waals surface area contributed by atoms with Crippen molar-refractivity contribution in [2.24, 2.45) is 5.92 Å². The summed E-state index contributed by atoms with van der Waals surface area (Å²) in [7, 11) is 0. The maximum atomic E-state index is 11.9. The van der Waals surface area contributed by atoms with Gasteiger partial charge in [-0.05, 0) is 32.6 Å². The molecule has 0 atom stereocenters. The summed E-state index contributed by atoms with van der Waals surface area (Å²) in [6.45, 7) is 0.526. The van der Waals surface area contributed by atoms with E-state index in [9.17, 15) is 23.1 Å². The number of alkyl halides is 3. The lowest BCUT2D eigenvalue weighted by Crippen LogP contribution is -2.45. The highest BCUT2D eigenvalue weighted by atomic mass is 19.4. The molecule has 20 heavy (non-hydrogen) atoms. The van der Waals surface area contributed by atoms with Crippen LogP contribution in [0.25, 0.3) is 0 Å². The van der Waals surface area contributed by atoms with Crippen LogP contribution in [0, 0.1) is 5.92 Å². The molecule has 0 unspecified atom stereocenters. The Morgan fingerprint density at radius 1 is 1.40 bits per heavy atom. The maximum Gasteiger partial charge on any atom is 0.413 e. The highest BCUT2D eigenvalue weighted by Gasteiger charge is 2.36. The molecule has 1 rings (SSSR count). The van der Waals surface area contributed by atoms with E-state index in [0.29, 0.717) is 32.3 Å². The molecule has 0 aliphatic heterocycles. The van der Waals surface area contributed by atoms with Gasteiger partial charge in [0.15, 0.2) is 6.61 Å². The van der Waals surface area contributed by atoms with Crippen LogP contribution in [0.1, 0.15) is 32.6 Å². The molecule has 0 amide bonds. The number of carbonyl (C=O) groups is 1. The van der Waals surface area contributed by atoms with Crippen molar-refractivity contribution in [3.05, 3.63) is 0 Å². The number of hydrogen-bond donors (Lipinski definition) is 2. The predicted octanol–water partition coefficient (Wildman–Crippen LogP) is 1.55. The van der Waals surface area contributed by atoms with Crippen molar-refractivity contribution in [3.63, 3.8) is 0 Å². The van der Waals surface area contributed by atoms with Crippen LogP contribution in [0.5, 0.6) is 0 Å². The number of carbonyl (C=O) groups excluding carboxylic acids is 1. The molecule has 0 heterocycles. The number of hydroxylamine groups is 1. The summed E-state index contributed by atoms with van der Waals surface area (Å²) in [5.41, 5.74) is 0.991. The Kier molecular flexibility index (Phi) is 6.22. The molecule has 1 saturated carbocycles. The lowest BCUT2D eigenvalue weighted by atomic mass is 9.79. The van der Waals surface area contributed by atoms with Gasteiger partial charge >= 0.3 is 12.1 Å². The number of aliphatic hydroxyl groups is 1. The minimum atomic E-state index is -4.41. The fourth-order valence-electron chi connectivity index (χ4n) is 2.15. The second-order valence-electron chi connectivity index (χ2n) is 4.98. The number of halogens is 3. The number of ether oxygens (including phenoxy) is 1. The standard InChI is InChI=1S/C12H20F3NO4/c1-2-19-10(17)9-3-5-11(18,6-4-9)7-16-20-8-12(13,14)15/h9,16,18H,2-8H2,1H3. The molecule has 0 aromatic heterocycles. The van der Waals surface area contributed by atoms with Gasteiger partial charge in [0.05, 0.1) is 18.1 Å². The Morgan fingerprint density at radius 2 is 2.00 bits per heavy atom. The first-order valence-electron chi connectivity index (χ1n) is 6.56. The third kappa shape index (κ3) is 6.06. The molecule has 0 saturated heterocycles. The molecule has 0 spiro atoms. The van der Waals surface area contributed by atoms with E-state index in [2.05, 4.69) is 10.3 Å². The first kappa shape index (κ1) is 17.2. The SMILES string of the molecule is CCOC(=O)C1CCC(O)(CNOCC(F)(F)F)CC1. The minimum Gasteiger partial charge on any atom is -0.466 e. The Labute approximate surface area is 115 Å². The average molecular weight is 299 g/mol. The smallest absolute Gasteiger partial charge is 0.413 e. The largest absolute Gasteiger partial charge is 0.466 e. The van der Waals surface area contributed by atoms with E-state index in [4.69, 9.17) is 4.74 Å². The summed E-state index contributed by atoms with van der Waals surface area (Å²) < 4.78 is 40.5. The van der Waals surface area contributed by atoms with Gasteiger partial charge in [-0.1, -0.05) is 0 Å². The van der Waals surface area contributed by atoms with Crippen LogP contribution in [0.2, 0.25) is 0 Å². The lowest BCUT2D eigenvalue weighted by molar-refractivity contribution is -0.194. The Balaban J connectivity index is 2.26. The topological polar surface area (TPSA) is 67.8 Å². The van der Waals surface area contributed by atoms with Crippen LogP contribution >= 0.6 is 0 Å². The highest BCUT2D eigenvalue weighted by Crippen LogP contribution is 2.32. The molecular weight excluding hydrogens is 279 g/mol. The van der Waals surface area contributed by atoms with Gasteiger partial charge in [0.25, 0.3) is 0 Å². The molecule has 1 fully saturated rings. The van der Waals surface area contributed by atoms with Gasteiger partial charge in [0.1, 0.15) is 0 Å². The first-order chi connectivity index (χ1) is 9.26. The third-order valence-corrected chi connectivity index (χ3v) is 3.28. The van der Waals surface area contributed by atoms with Crippen LogP contribution in [0.15, 0.2) is 0 Å². The molecule has 1 aliphatic carbocycles. The van der Waals surface area contributed by atoms with E-state index in [1.165, 1.54) is 0 Å². The van der Waals surface area contributed by atoms with Gasteiger partial charge in [0.2, 0.25) is 0 Å². The minimum absolute atomic E-state index is 0.0986. The van der Waals surface area contributed by atoms with Crippen molar-refractivity contribution in [1.29, 1.82) is 0 Å². The van der Waals surface area contributed by atoms with Crippen molar-refractivity contribution in [2.45, 2.75) is 44.4 Å². The van der Waals surface area contributed by atoms with E-state index in [1.807, 2.05) is 0 Å². The van der Waals surface area contributed by atoms with Crippen molar-refractivity contribution in [2.75, 3.05) is 19.8 Å². The Hall–Kier alpha value is -0.860. The zero-order chi connectivity index (χ0) is 15.2. The van der Waals surface area contributed by atoms with Crippen molar-refractivity contribution in [1.82, 2.24) is 5.48 Å². The molecule has 2 N–H and O–H groups in total. The number of esters is 1. The zero-order valence-corrected chi connectivity index (χ0v) is 11.3. The number of hydrogen-bond acceptors (Lipinski definition) is 5. The number of nitrogens with one attached hydrogen (secondary N) is 1. The summed E-state index contributed by atoms with van der Waals surface area (Å²) >= 11 is 0. The van der Waals surface area contributed by atoms with E-state index in [1.54, 1.807) is 6.92 Å². The summed E-state index contributed by atoms with van der Waals surface area (Å²) in [5, 5.41) is 10.2. The van der Waals surface area contributed by atoms with Gasteiger partial charge in [0, 0.05) is 6.54 Å². The lowest BCUT2D eigenvalue weighted by Gasteiger charge is -2.35. The summed E-state index contributed by atoms with van der Waals surface area (Å²) in [6, 6.07) is 0. The van der Waals surface area contributed by atoms with E-state index < -0.39 is 18.4 Å². The molecule has 1 aliphatic rings. The maximum absolute atomic E-state index is 11.9. The molecule has 8 heteroatoms. The van der Waals surface area contributed by atoms with Gasteiger partial charge in [-0.3, -0.25) is 9.63 Å². The van der Waals surface area contributed by atoms with Gasteiger partial charge < -0.3 is 9.84 Å². The molecule has 5 nitrogen and oxygen atoms in total. The van der Waals surface area contributed by atoms with E-state index >= 15 is 0 Å². The first-order valence-corrected chi connectivity index (χ1v) is 6.56. The average Bonchev–Trinajstić information content (AvgIpc) is 2.35. The van der Waals surface area contributed by atoms with E-state index in [-0.39, 0.29) is 18.4 Å². The molecular formula is C12H20F3NO4. The van der Waals surface area contributed by atoms with Crippen LogP contribution in [0.3, 0.4) is 0 Å². The molecule has 0 radical (unpaired) electrons. The van der Waals surface area contributed by atoms with Crippen LogP contribution in [0.4, 0.5) is 13.2 Å². The van der Waals surface area contributed by atoms with Gasteiger partial charge in [-0.15, -0.1) is 0 Å². The van der Waals surface area contributed by atoms with Crippen molar-refractivity contribution >= 4 is 5.97 Å². The zero-order valence-electron chi connectivity index (χ0n) is 11.3. The van der Waals surface area contributed by atoms with Crippen molar-refractivity contribution < 1.29 is 32.6 Å². The van der Waals surface area contributed by atoms with E-state index in [0.717, 1.165) is 0 Å². The predicted molar refractivity (Wildman–Crippen MR) is 63.6 cm³/mol. The fraction of sp³-hybridized carbons (Fsp3) is 0.917. The molecule has 0 aromatic rings. The third-order valence-electron chi connectivity index (χ3n) is 3.28. The van der Waals surface area contributed by atoms with Crippen LogP contribution in [-0.4, -0.2) is 42.6 Å². The van der Waals surface area contributed by atoms with Gasteiger partial charge in [-0.25, -0.2) is 0 Å². The van der Waals surface area contributed by atoms with Crippen LogP contribution < -0.4 is 5.48 Å². The fourth-order valence-corrected chi connectivity index (χ4v) is 2.15. The summed E-state index contributed by atoms with van der Waals surface area (Å²) in [6.07, 6.45) is -2.86. The monoisotopic (exact) mass is 299 g/mol.